The number of benzene rings is 4. The van der Waals surface area contributed by atoms with Crippen molar-refractivity contribution in [2.45, 2.75) is 28.7 Å². The van der Waals surface area contributed by atoms with Crippen LogP contribution in [0.1, 0.15) is 12.8 Å². The molecule has 2 aliphatic heterocycles. The fraction of sp³-hybridized carbons (Fsp3) is 0.314. The van der Waals surface area contributed by atoms with E-state index in [1.807, 2.05) is 7.05 Å². The van der Waals surface area contributed by atoms with Crippen molar-refractivity contribution in [1.82, 2.24) is 14.1 Å². The first-order valence-electron chi connectivity index (χ1n) is 15.8. The second-order valence-corrected chi connectivity index (χ2v) is 16.8. The summed E-state index contributed by atoms with van der Waals surface area (Å²) in [5.41, 5.74) is 0.555. The topological polar surface area (TPSA) is 115 Å². The molecule has 0 spiro atoms. The zero-order valence-corrected chi connectivity index (χ0v) is 29.4. The van der Waals surface area contributed by atoms with Crippen molar-refractivity contribution in [3.63, 3.8) is 0 Å². The van der Waals surface area contributed by atoms with Crippen LogP contribution >= 0.6 is 11.6 Å². The average Bonchev–Trinajstić information content (AvgIpc) is 3.07. The number of rotatable bonds is 8. The number of hydrogen-bond donors (Lipinski definition) is 0. The first-order valence-corrected chi connectivity index (χ1v) is 19.5. The third-order valence-electron chi connectivity index (χ3n) is 9.12. The molecule has 2 fully saturated rings. The van der Waals surface area contributed by atoms with Gasteiger partial charge in [0, 0.05) is 49.6 Å². The van der Waals surface area contributed by atoms with Gasteiger partial charge >= 0.3 is 0 Å². The molecule has 0 radical (unpaired) electrons. The van der Waals surface area contributed by atoms with Crippen LogP contribution in [0, 0.1) is 5.82 Å². The zero-order valence-electron chi connectivity index (χ0n) is 27.1. The van der Waals surface area contributed by atoms with Crippen LogP contribution in [0.5, 0.6) is 0 Å². The molecule has 4 aromatic carbocycles. The maximum Gasteiger partial charge on any atom is 0.245 e. The van der Waals surface area contributed by atoms with E-state index in [4.69, 9.17) is 11.6 Å². The normalized spacial score (nSPS) is 18.0. The lowest BCUT2D eigenvalue weighted by atomic mass is 10.0. The number of nitrogens with zero attached hydrogens (tertiary/aromatic N) is 4. The summed E-state index contributed by atoms with van der Waals surface area (Å²) in [6, 6.07) is 18.7. The van der Waals surface area contributed by atoms with E-state index >= 15 is 4.39 Å². The number of sulfone groups is 1. The summed E-state index contributed by atoms with van der Waals surface area (Å²) in [4.78, 5) is 32.7. The lowest BCUT2D eigenvalue weighted by Gasteiger charge is -2.39. The van der Waals surface area contributed by atoms with E-state index in [2.05, 4.69) is 4.90 Å². The third-order valence-corrected chi connectivity index (χ3v) is 12.4. The molecule has 0 saturated carbocycles. The van der Waals surface area contributed by atoms with Crippen LogP contribution < -0.4 is 4.90 Å². The van der Waals surface area contributed by atoms with E-state index in [0.717, 1.165) is 15.9 Å². The number of carbonyl (C=O) groups excluding carboxylic acids is 2. The Kier molecular flexibility index (Phi) is 9.84. The number of halogens is 2. The number of sulfonamides is 1. The molecule has 258 valence electrons. The highest BCUT2D eigenvalue weighted by Gasteiger charge is 2.42. The van der Waals surface area contributed by atoms with E-state index < -0.39 is 50.1 Å². The summed E-state index contributed by atoms with van der Waals surface area (Å²) in [6.07, 6.45) is 1.56. The number of likely N-dealkylation sites (N-methyl/N-ethyl adjacent to an activating group) is 1. The van der Waals surface area contributed by atoms with Crippen LogP contribution in [0.4, 0.5) is 10.1 Å². The molecule has 0 aliphatic carbocycles. The van der Waals surface area contributed by atoms with E-state index in [-0.39, 0.29) is 28.4 Å². The maximum absolute atomic E-state index is 15.9. The average molecular weight is 727 g/mol. The molecule has 2 aliphatic rings. The Hall–Kier alpha value is -3.88. The zero-order chi connectivity index (χ0) is 35.1. The monoisotopic (exact) mass is 726 g/mol. The maximum atomic E-state index is 15.9. The van der Waals surface area contributed by atoms with Gasteiger partial charge in [-0.3, -0.25) is 9.59 Å². The second-order valence-electron chi connectivity index (χ2n) is 12.5. The number of piperazine rings is 1. The first kappa shape index (κ1) is 35.0. The van der Waals surface area contributed by atoms with Crippen LogP contribution in [0.15, 0.2) is 88.7 Å². The predicted molar refractivity (Wildman–Crippen MR) is 187 cm³/mol. The van der Waals surface area contributed by atoms with E-state index in [1.54, 1.807) is 47.4 Å². The molecular formula is C35H36ClFN4O6S2. The SMILES string of the molecule is CN1CCN(C(=O)CN(C2CCCN(c3ccc(-c4ccccc4S(C)(=O)=O)cc3F)C2=O)S(=O)(=O)c2ccc3cc(Cl)ccc3c2)CC1. The van der Waals surface area contributed by atoms with Crippen molar-refractivity contribution in [2.75, 3.05) is 57.5 Å². The fourth-order valence-electron chi connectivity index (χ4n) is 6.43. The molecule has 2 amide bonds. The highest BCUT2D eigenvalue weighted by Crippen LogP contribution is 2.34. The minimum atomic E-state index is -4.41. The number of piperidine rings is 1. The Morgan fingerprint density at radius 3 is 2.31 bits per heavy atom. The van der Waals surface area contributed by atoms with Gasteiger partial charge in [-0.15, -0.1) is 0 Å². The highest BCUT2D eigenvalue weighted by atomic mass is 35.5. The van der Waals surface area contributed by atoms with E-state index in [0.29, 0.717) is 54.1 Å². The fourth-order valence-corrected chi connectivity index (χ4v) is 9.12. The van der Waals surface area contributed by atoms with E-state index in [9.17, 15) is 26.4 Å². The van der Waals surface area contributed by atoms with Crippen molar-refractivity contribution in [3.8, 4) is 11.1 Å². The van der Waals surface area contributed by atoms with Gasteiger partial charge in [0.1, 0.15) is 11.9 Å². The molecule has 6 rings (SSSR count). The van der Waals surface area contributed by atoms with Gasteiger partial charge in [0.2, 0.25) is 21.8 Å². The van der Waals surface area contributed by atoms with Gasteiger partial charge in [-0.1, -0.05) is 48.0 Å². The standard InChI is InChI=1S/C35H36ClFN4O6S2/c1-38-16-18-39(19-17-38)34(42)23-41(49(46,47)28-13-10-24-20-27(36)12-9-25(24)21-28)32-7-5-15-40(35(32)43)31-14-11-26(22-30(31)37)29-6-3-4-8-33(29)48(2,44)45/h3-4,6,8-14,20-22,32H,5,7,15-19,23H2,1-2H3. The molecule has 2 heterocycles. The molecule has 0 N–H and O–H groups in total. The number of amides is 2. The van der Waals surface area contributed by atoms with Crippen LogP contribution in [-0.4, -0.2) is 101 Å². The minimum absolute atomic E-state index is 0.0407. The van der Waals surface area contributed by atoms with Gasteiger partial charge < -0.3 is 14.7 Å². The van der Waals surface area contributed by atoms with Crippen LogP contribution in [0.2, 0.25) is 5.02 Å². The molecule has 1 unspecified atom stereocenters. The van der Waals surface area contributed by atoms with Crippen molar-refractivity contribution >= 4 is 59.7 Å². The Bertz CT molecular complexity index is 2160. The molecule has 1 atom stereocenters. The van der Waals surface area contributed by atoms with E-state index in [1.165, 1.54) is 41.3 Å². The Labute approximate surface area is 290 Å². The molecule has 10 nitrogen and oxygen atoms in total. The smallest absolute Gasteiger partial charge is 0.245 e. The number of fused-ring (bicyclic) bond motifs is 1. The molecule has 2 saturated heterocycles. The molecule has 4 aromatic rings. The van der Waals surface area contributed by atoms with Crippen molar-refractivity contribution in [2.24, 2.45) is 0 Å². The highest BCUT2D eigenvalue weighted by molar-refractivity contribution is 7.90. The summed E-state index contributed by atoms with van der Waals surface area (Å²) in [7, 11) is -6.08. The van der Waals surface area contributed by atoms with Crippen molar-refractivity contribution in [3.05, 3.63) is 89.7 Å². The number of anilines is 1. The summed E-state index contributed by atoms with van der Waals surface area (Å²) in [5, 5.41) is 1.84. The van der Waals surface area contributed by atoms with Crippen LogP contribution in [-0.2, 0) is 29.4 Å². The van der Waals surface area contributed by atoms with Gasteiger partial charge in [0.25, 0.3) is 0 Å². The molecule has 0 aromatic heterocycles. The Morgan fingerprint density at radius 1 is 0.898 bits per heavy atom. The summed E-state index contributed by atoms with van der Waals surface area (Å²) >= 11 is 6.13. The van der Waals surface area contributed by atoms with Crippen LogP contribution in [0.25, 0.3) is 21.9 Å². The minimum Gasteiger partial charge on any atom is -0.339 e. The lowest BCUT2D eigenvalue weighted by molar-refractivity contribution is -0.134. The quantitative estimate of drug-likeness (QED) is 0.260. The van der Waals surface area contributed by atoms with Crippen molar-refractivity contribution in [1.29, 1.82) is 0 Å². The summed E-state index contributed by atoms with van der Waals surface area (Å²) in [6.45, 7) is 1.67. The van der Waals surface area contributed by atoms with Gasteiger partial charge in [-0.25, -0.2) is 21.2 Å². The lowest BCUT2D eigenvalue weighted by Crippen LogP contribution is -2.57. The summed E-state index contributed by atoms with van der Waals surface area (Å²) in [5.74, 6) is -1.85. The van der Waals surface area contributed by atoms with Crippen molar-refractivity contribution < 1.29 is 30.8 Å². The largest absolute Gasteiger partial charge is 0.339 e. The molecule has 49 heavy (non-hydrogen) atoms. The first-order chi connectivity index (χ1) is 23.2. The van der Waals surface area contributed by atoms with Gasteiger partial charge in [0.15, 0.2) is 9.84 Å². The number of carbonyl (C=O) groups is 2. The Morgan fingerprint density at radius 2 is 1.59 bits per heavy atom. The number of hydrogen-bond acceptors (Lipinski definition) is 7. The predicted octanol–water partition coefficient (Wildman–Crippen LogP) is 4.66. The van der Waals surface area contributed by atoms with Gasteiger partial charge in [-0.05, 0) is 78.7 Å². The molecule has 14 heteroatoms. The second kappa shape index (κ2) is 13.8. The molecular weight excluding hydrogens is 691 g/mol. The van der Waals surface area contributed by atoms with Gasteiger partial charge in [-0.2, -0.15) is 4.31 Å². The third kappa shape index (κ3) is 7.22. The summed E-state index contributed by atoms with van der Waals surface area (Å²) < 4.78 is 70.4. The Balaban J connectivity index is 1.35. The van der Waals surface area contributed by atoms with Gasteiger partial charge in [0.05, 0.1) is 22.0 Å². The molecule has 0 bridgehead atoms. The van der Waals surface area contributed by atoms with Crippen LogP contribution in [0.3, 0.4) is 0 Å².